The van der Waals surface area contributed by atoms with Gasteiger partial charge in [0.05, 0.1) is 0 Å². The highest BCUT2D eigenvalue weighted by atomic mass is 19.1. The minimum absolute atomic E-state index is 0.120. The third kappa shape index (κ3) is 1.93. The lowest BCUT2D eigenvalue weighted by atomic mass is 9.89. The smallest absolute Gasteiger partial charge is 0.274 e. The molecule has 1 amide bonds. The van der Waals surface area contributed by atoms with Crippen LogP contribution in [0.2, 0.25) is 0 Å². The van der Waals surface area contributed by atoms with Crippen LogP contribution in [0.3, 0.4) is 0 Å². The molecule has 0 aliphatic carbocycles. The number of carbonyl (C=O) groups excluding carboxylic acids is 1. The molecule has 1 saturated heterocycles. The van der Waals surface area contributed by atoms with Crippen LogP contribution in [0, 0.1) is 11.7 Å². The summed E-state index contributed by atoms with van der Waals surface area (Å²) in [6, 6.07) is 3.51. The molecule has 1 aromatic rings. The van der Waals surface area contributed by atoms with Gasteiger partial charge >= 0.3 is 0 Å². The molecule has 0 saturated carbocycles. The Labute approximate surface area is 117 Å². The largest absolute Gasteiger partial charge is 0.293 e. The number of hydroxylamine groups is 1. The maximum absolute atomic E-state index is 14.4. The second-order valence-electron chi connectivity index (χ2n) is 5.93. The average molecular weight is 278 g/mol. The van der Waals surface area contributed by atoms with Crippen molar-refractivity contribution in [1.82, 2.24) is 10.4 Å². The Kier molecular flexibility index (Phi) is 3.26. The molecule has 4 nitrogen and oxygen atoms in total. The van der Waals surface area contributed by atoms with Gasteiger partial charge in [0.1, 0.15) is 5.82 Å². The molecule has 1 fully saturated rings. The maximum Gasteiger partial charge on any atom is 0.274 e. The van der Waals surface area contributed by atoms with E-state index in [0.717, 1.165) is 30.5 Å². The fourth-order valence-electron chi connectivity index (χ4n) is 3.64. The number of amides is 1. The van der Waals surface area contributed by atoms with Crippen molar-refractivity contribution in [2.24, 2.45) is 5.92 Å². The number of nitrogens with one attached hydrogen (secondary N) is 1. The number of hydrogen-bond donors (Lipinski definition) is 2. The number of hydrogen-bond acceptors (Lipinski definition) is 3. The molecule has 20 heavy (non-hydrogen) atoms. The first-order valence-electron chi connectivity index (χ1n) is 7.05. The zero-order chi connectivity index (χ0) is 14.4. The summed E-state index contributed by atoms with van der Waals surface area (Å²) >= 11 is 0. The molecule has 0 radical (unpaired) electrons. The fraction of sp³-hybridized carbons (Fsp3) is 0.533. The van der Waals surface area contributed by atoms with Gasteiger partial charge in [-0.15, -0.1) is 0 Å². The van der Waals surface area contributed by atoms with E-state index in [2.05, 4.69) is 18.7 Å². The van der Waals surface area contributed by atoms with Crippen molar-refractivity contribution in [2.75, 3.05) is 6.54 Å². The number of carbonyl (C=O) groups is 1. The zero-order valence-electron chi connectivity index (χ0n) is 11.7. The van der Waals surface area contributed by atoms with Crippen molar-refractivity contribution in [3.8, 4) is 0 Å². The highest BCUT2D eigenvalue weighted by Gasteiger charge is 2.41. The number of nitrogens with zero attached hydrogens (tertiary/aromatic N) is 1. The van der Waals surface area contributed by atoms with Crippen LogP contribution in [0.15, 0.2) is 12.1 Å². The van der Waals surface area contributed by atoms with Gasteiger partial charge in [-0.2, -0.15) is 0 Å². The van der Waals surface area contributed by atoms with Gasteiger partial charge in [0.15, 0.2) is 0 Å². The molecule has 5 heteroatoms. The Morgan fingerprint density at radius 1 is 1.45 bits per heavy atom. The molecule has 2 aliphatic rings. The first kappa shape index (κ1) is 13.5. The van der Waals surface area contributed by atoms with E-state index in [1.807, 2.05) is 0 Å². The molecule has 2 N–H and O–H groups in total. The van der Waals surface area contributed by atoms with Gasteiger partial charge in [0.25, 0.3) is 5.91 Å². The van der Waals surface area contributed by atoms with E-state index in [-0.39, 0.29) is 17.4 Å². The highest BCUT2D eigenvalue weighted by Crippen LogP contribution is 2.44. The van der Waals surface area contributed by atoms with Crippen LogP contribution in [0.25, 0.3) is 0 Å². The lowest BCUT2D eigenvalue weighted by Gasteiger charge is -2.35. The lowest BCUT2D eigenvalue weighted by Crippen LogP contribution is -2.37. The van der Waals surface area contributed by atoms with Crippen molar-refractivity contribution in [1.29, 1.82) is 0 Å². The van der Waals surface area contributed by atoms with E-state index in [1.54, 1.807) is 11.5 Å². The third-order valence-electron chi connectivity index (χ3n) is 4.89. The van der Waals surface area contributed by atoms with Gasteiger partial charge in [0, 0.05) is 29.8 Å². The van der Waals surface area contributed by atoms with E-state index in [0.29, 0.717) is 12.0 Å². The molecule has 2 heterocycles. The first-order valence-corrected chi connectivity index (χ1v) is 7.05. The molecule has 108 valence electrons. The Bertz CT molecular complexity index is 561. The van der Waals surface area contributed by atoms with E-state index in [1.165, 1.54) is 6.07 Å². The molecule has 0 spiro atoms. The minimum Gasteiger partial charge on any atom is -0.293 e. The topological polar surface area (TPSA) is 52.6 Å². The summed E-state index contributed by atoms with van der Waals surface area (Å²) in [5.41, 5.74) is 3.37. The second-order valence-corrected chi connectivity index (χ2v) is 5.93. The minimum atomic E-state index is -0.665. The molecule has 2 aliphatic heterocycles. The van der Waals surface area contributed by atoms with E-state index >= 15 is 0 Å². The van der Waals surface area contributed by atoms with Crippen LogP contribution in [-0.4, -0.2) is 28.6 Å². The lowest BCUT2D eigenvalue weighted by molar-refractivity contribution is 0.0705. The molecule has 0 bridgehead atoms. The second kappa shape index (κ2) is 4.82. The number of fused-ring (bicyclic) bond motifs is 3. The first-order chi connectivity index (χ1) is 9.52. The van der Waals surface area contributed by atoms with Crippen LogP contribution in [0.5, 0.6) is 0 Å². The third-order valence-corrected chi connectivity index (χ3v) is 4.89. The zero-order valence-corrected chi connectivity index (χ0v) is 11.7. The highest BCUT2D eigenvalue weighted by molar-refractivity contribution is 5.93. The summed E-state index contributed by atoms with van der Waals surface area (Å²) < 4.78 is 14.4. The van der Waals surface area contributed by atoms with Crippen molar-refractivity contribution < 1.29 is 14.4 Å². The predicted molar refractivity (Wildman–Crippen MR) is 72.0 cm³/mol. The van der Waals surface area contributed by atoms with Gasteiger partial charge in [-0.3, -0.25) is 14.9 Å². The van der Waals surface area contributed by atoms with Crippen LogP contribution >= 0.6 is 0 Å². The Morgan fingerprint density at radius 2 is 2.20 bits per heavy atom. The summed E-state index contributed by atoms with van der Waals surface area (Å²) in [7, 11) is 0. The van der Waals surface area contributed by atoms with E-state index in [4.69, 9.17) is 5.21 Å². The van der Waals surface area contributed by atoms with Crippen LogP contribution < -0.4 is 5.48 Å². The molecule has 3 atom stereocenters. The summed E-state index contributed by atoms with van der Waals surface area (Å²) in [6.45, 7) is 5.29. The quantitative estimate of drug-likeness (QED) is 0.612. The van der Waals surface area contributed by atoms with Gasteiger partial charge in [-0.1, -0.05) is 6.92 Å². The van der Waals surface area contributed by atoms with Gasteiger partial charge in [0.2, 0.25) is 0 Å². The van der Waals surface area contributed by atoms with Gasteiger partial charge in [-0.25, -0.2) is 9.87 Å². The van der Waals surface area contributed by atoms with Crippen LogP contribution in [0.1, 0.15) is 47.8 Å². The SMILES string of the molecule is C[C@@H]1C[C@@H]2c3c(F)cc(C(=O)NO)cc3CCN2[C@H]1C. The summed E-state index contributed by atoms with van der Waals surface area (Å²) in [4.78, 5) is 13.8. The van der Waals surface area contributed by atoms with Gasteiger partial charge in [-0.05, 0) is 43.4 Å². The maximum atomic E-state index is 14.4. The van der Waals surface area contributed by atoms with Crippen LogP contribution in [-0.2, 0) is 6.42 Å². The average Bonchev–Trinajstić information content (AvgIpc) is 2.73. The predicted octanol–water partition coefficient (Wildman–Crippen LogP) is 2.27. The van der Waals surface area contributed by atoms with Crippen molar-refractivity contribution >= 4 is 5.91 Å². The molecule has 0 unspecified atom stereocenters. The van der Waals surface area contributed by atoms with Crippen molar-refractivity contribution in [3.05, 3.63) is 34.6 Å². The molecule has 3 rings (SSSR count). The summed E-state index contributed by atoms with van der Waals surface area (Å²) in [5, 5.41) is 8.67. The number of benzene rings is 1. The van der Waals surface area contributed by atoms with E-state index in [9.17, 15) is 9.18 Å². The Hall–Kier alpha value is -1.46. The Balaban J connectivity index is 2.04. The molecule has 0 aromatic heterocycles. The molecular weight excluding hydrogens is 259 g/mol. The van der Waals surface area contributed by atoms with Crippen molar-refractivity contribution in [2.45, 2.75) is 38.8 Å². The van der Waals surface area contributed by atoms with Crippen LogP contribution in [0.4, 0.5) is 4.39 Å². The number of rotatable bonds is 1. The normalized spacial score (nSPS) is 28.9. The molecule has 1 aromatic carbocycles. The van der Waals surface area contributed by atoms with E-state index < -0.39 is 5.91 Å². The number of halogens is 1. The summed E-state index contributed by atoms with van der Waals surface area (Å²) in [6.07, 6.45) is 1.70. The monoisotopic (exact) mass is 278 g/mol. The van der Waals surface area contributed by atoms with Crippen molar-refractivity contribution in [3.63, 3.8) is 0 Å². The molecular formula is C15H19FN2O2. The fourth-order valence-corrected chi connectivity index (χ4v) is 3.64. The Morgan fingerprint density at radius 3 is 2.90 bits per heavy atom. The summed E-state index contributed by atoms with van der Waals surface area (Å²) in [5.74, 6) is -0.454. The van der Waals surface area contributed by atoms with Gasteiger partial charge < -0.3 is 0 Å². The standard InChI is InChI=1S/C15H19FN2O2/c1-8-5-13-14-10(3-4-18(13)9(8)2)6-11(7-12(14)16)15(19)17-20/h6-9,13,20H,3-5H2,1-2H3,(H,17,19)/t8-,9+,13-/m1/s1.